The number of aryl methyl sites for hydroxylation is 1. The fourth-order valence-corrected chi connectivity index (χ4v) is 4.51. The van der Waals surface area contributed by atoms with Gasteiger partial charge in [0, 0.05) is 13.2 Å². The van der Waals surface area contributed by atoms with E-state index >= 15 is 0 Å². The van der Waals surface area contributed by atoms with Gasteiger partial charge in [0.2, 0.25) is 0 Å². The fraction of sp³-hybridized carbons (Fsp3) is 0.786. The molecule has 0 aromatic heterocycles. The molecule has 0 unspecified atom stereocenters. The van der Waals surface area contributed by atoms with Crippen LogP contribution in [0.25, 0.3) is 0 Å². The van der Waals surface area contributed by atoms with Crippen molar-refractivity contribution in [2.24, 2.45) is 0 Å². The van der Waals surface area contributed by atoms with Crippen LogP contribution < -0.4 is 4.52 Å². The first-order chi connectivity index (χ1) is 16.4. The Labute approximate surface area is 210 Å². The third kappa shape index (κ3) is 19.4. The number of phosphoric acid groups is 1. The molecule has 6 heteroatoms. The molecule has 0 bridgehead atoms. The lowest BCUT2D eigenvalue weighted by atomic mass is 9.95. The number of hydrogen-bond donors (Lipinski definition) is 2. The summed E-state index contributed by atoms with van der Waals surface area (Å²) >= 11 is 0. The smallest absolute Gasteiger partial charge is 0.404 e. The number of ether oxygens (including phenoxy) is 1. The zero-order chi connectivity index (χ0) is 25.5. The standard InChI is InChI=1S/C24H43O4P.C4H10O/c1-3-5-7-9-11-13-15-18-22-19-17-21-24(28-29(25,26)27)23(22)20-16-14-12-10-8-6-4-2;1-3-5-4-2/h17,19,21H,3-16,18,20H2,1-2H3,(H2,25,26,27);3-4H2,1-2H3. The Morgan fingerprint density at radius 3 is 1.59 bits per heavy atom. The molecule has 2 N–H and O–H groups in total. The molecule has 0 aliphatic carbocycles. The summed E-state index contributed by atoms with van der Waals surface area (Å²) in [6.45, 7) is 10.1. The van der Waals surface area contributed by atoms with Crippen molar-refractivity contribution < 1.29 is 23.6 Å². The van der Waals surface area contributed by atoms with Gasteiger partial charge in [-0.25, -0.2) is 4.57 Å². The molecule has 34 heavy (non-hydrogen) atoms. The lowest BCUT2D eigenvalue weighted by molar-refractivity contribution is 0.162. The Bertz CT molecular complexity index is 627. The van der Waals surface area contributed by atoms with E-state index in [-0.39, 0.29) is 0 Å². The third-order valence-electron chi connectivity index (χ3n) is 5.94. The van der Waals surface area contributed by atoms with Crippen LogP contribution >= 0.6 is 7.82 Å². The molecule has 0 aliphatic rings. The molecule has 0 atom stereocenters. The first-order valence-corrected chi connectivity index (χ1v) is 15.4. The van der Waals surface area contributed by atoms with Crippen molar-refractivity contribution in [3.8, 4) is 5.75 Å². The van der Waals surface area contributed by atoms with E-state index in [1.165, 1.54) is 76.2 Å². The highest BCUT2D eigenvalue weighted by Gasteiger charge is 2.19. The molecule has 0 spiro atoms. The van der Waals surface area contributed by atoms with Gasteiger partial charge in [0.25, 0.3) is 0 Å². The van der Waals surface area contributed by atoms with Crippen LogP contribution in [-0.4, -0.2) is 23.0 Å². The highest BCUT2D eigenvalue weighted by atomic mass is 31.2. The number of hydrogen-bond acceptors (Lipinski definition) is 3. The second kappa shape index (κ2) is 22.6. The maximum Gasteiger partial charge on any atom is 0.524 e. The monoisotopic (exact) mass is 500 g/mol. The van der Waals surface area contributed by atoms with Gasteiger partial charge in [0.15, 0.2) is 0 Å². The van der Waals surface area contributed by atoms with Crippen molar-refractivity contribution in [1.29, 1.82) is 0 Å². The molecular weight excluding hydrogens is 447 g/mol. The van der Waals surface area contributed by atoms with E-state index in [0.717, 1.165) is 50.9 Å². The van der Waals surface area contributed by atoms with Crippen LogP contribution in [0.5, 0.6) is 5.75 Å². The number of benzene rings is 1. The maximum absolute atomic E-state index is 11.4. The Balaban J connectivity index is 0.00000196. The summed E-state index contributed by atoms with van der Waals surface area (Å²) < 4.78 is 21.3. The highest BCUT2D eigenvalue weighted by Crippen LogP contribution is 2.40. The summed E-state index contributed by atoms with van der Waals surface area (Å²) in [6, 6.07) is 5.65. The summed E-state index contributed by atoms with van der Waals surface area (Å²) in [5.74, 6) is 0.366. The number of phosphoric ester groups is 1. The molecule has 0 saturated carbocycles. The van der Waals surface area contributed by atoms with Gasteiger partial charge < -0.3 is 9.26 Å². The van der Waals surface area contributed by atoms with Gasteiger partial charge in [-0.1, -0.05) is 103 Å². The zero-order valence-electron chi connectivity index (χ0n) is 22.5. The van der Waals surface area contributed by atoms with Crippen LogP contribution in [0.15, 0.2) is 18.2 Å². The topological polar surface area (TPSA) is 76.0 Å². The molecule has 0 radical (unpaired) electrons. The molecule has 0 aliphatic heterocycles. The van der Waals surface area contributed by atoms with Crippen LogP contribution in [0.1, 0.15) is 129 Å². The van der Waals surface area contributed by atoms with Crippen LogP contribution in [0, 0.1) is 0 Å². The minimum absolute atomic E-state index is 0.366. The molecule has 5 nitrogen and oxygen atoms in total. The average molecular weight is 501 g/mol. The first-order valence-electron chi connectivity index (χ1n) is 13.8. The van der Waals surface area contributed by atoms with E-state index in [4.69, 9.17) is 9.26 Å². The molecule has 200 valence electrons. The zero-order valence-corrected chi connectivity index (χ0v) is 23.4. The molecule has 1 aromatic rings. The maximum atomic E-state index is 11.4. The largest absolute Gasteiger partial charge is 0.524 e. The van der Waals surface area contributed by atoms with Crippen LogP contribution in [0.2, 0.25) is 0 Å². The second-order valence-electron chi connectivity index (χ2n) is 9.00. The highest BCUT2D eigenvalue weighted by molar-refractivity contribution is 7.46. The Morgan fingerprint density at radius 1 is 0.676 bits per heavy atom. The van der Waals surface area contributed by atoms with E-state index in [0.29, 0.717) is 5.75 Å². The summed E-state index contributed by atoms with van der Waals surface area (Å²) in [4.78, 5) is 18.6. The molecule has 0 fully saturated rings. The molecular formula is C28H53O5P. The van der Waals surface area contributed by atoms with Gasteiger partial charge in [-0.15, -0.1) is 0 Å². The van der Waals surface area contributed by atoms with Gasteiger partial charge in [0.1, 0.15) is 5.75 Å². The van der Waals surface area contributed by atoms with Gasteiger partial charge in [-0.2, -0.15) is 0 Å². The van der Waals surface area contributed by atoms with Crippen molar-refractivity contribution in [1.82, 2.24) is 0 Å². The van der Waals surface area contributed by atoms with E-state index < -0.39 is 7.82 Å². The quantitative estimate of drug-likeness (QED) is 0.138. The minimum Gasteiger partial charge on any atom is -0.404 e. The molecule has 0 heterocycles. The van der Waals surface area contributed by atoms with E-state index in [2.05, 4.69) is 19.9 Å². The van der Waals surface area contributed by atoms with Crippen molar-refractivity contribution in [2.75, 3.05) is 13.2 Å². The first kappa shape index (κ1) is 33.1. The number of rotatable bonds is 20. The summed E-state index contributed by atoms with van der Waals surface area (Å²) in [5, 5.41) is 0. The molecule has 1 rings (SSSR count). The Morgan fingerprint density at radius 2 is 1.15 bits per heavy atom. The molecule has 0 amide bonds. The summed E-state index contributed by atoms with van der Waals surface area (Å²) in [6.07, 6.45) is 19.2. The van der Waals surface area contributed by atoms with Crippen molar-refractivity contribution in [3.63, 3.8) is 0 Å². The van der Waals surface area contributed by atoms with Gasteiger partial charge in [-0.05, 0) is 56.7 Å². The van der Waals surface area contributed by atoms with Gasteiger partial charge in [-0.3, -0.25) is 9.79 Å². The second-order valence-corrected chi connectivity index (χ2v) is 10.2. The third-order valence-corrected chi connectivity index (χ3v) is 6.37. The van der Waals surface area contributed by atoms with Crippen LogP contribution in [0.3, 0.4) is 0 Å². The summed E-state index contributed by atoms with van der Waals surface area (Å²) in [7, 11) is -4.54. The Kier molecular flexibility index (Phi) is 22.0. The lowest BCUT2D eigenvalue weighted by Crippen LogP contribution is -2.01. The van der Waals surface area contributed by atoms with Crippen molar-refractivity contribution in [2.45, 2.75) is 130 Å². The van der Waals surface area contributed by atoms with Crippen molar-refractivity contribution in [3.05, 3.63) is 29.3 Å². The van der Waals surface area contributed by atoms with Crippen molar-refractivity contribution >= 4 is 7.82 Å². The average Bonchev–Trinajstić information content (AvgIpc) is 2.79. The SMILES string of the molecule is CCCCCCCCCc1cccc(OP(=O)(O)O)c1CCCCCCCCC.CCOCC. The molecule has 1 aromatic carbocycles. The van der Waals surface area contributed by atoms with Crippen LogP contribution in [-0.2, 0) is 22.1 Å². The number of unbranched alkanes of at least 4 members (excludes halogenated alkanes) is 12. The predicted molar refractivity (Wildman–Crippen MR) is 145 cm³/mol. The normalized spacial score (nSPS) is 11.2. The van der Waals surface area contributed by atoms with Gasteiger partial charge in [0.05, 0.1) is 0 Å². The lowest BCUT2D eigenvalue weighted by Gasteiger charge is -2.16. The van der Waals surface area contributed by atoms with E-state index in [1.54, 1.807) is 6.07 Å². The fourth-order valence-electron chi connectivity index (χ4n) is 4.08. The molecule has 0 saturated heterocycles. The van der Waals surface area contributed by atoms with E-state index in [1.807, 2.05) is 19.9 Å². The summed E-state index contributed by atoms with van der Waals surface area (Å²) in [5.41, 5.74) is 2.19. The van der Waals surface area contributed by atoms with Gasteiger partial charge >= 0.3 is 7.82 Å². The van der Waals surface area contributed by atoms with Crippen LogP contribution in [0.4, 0.5) is 0 Å². The predicted octanol–water partition coefficient (Wildman–Crippen LogP) is 8.79. The minimum atomic E-state index is -4.54. The van der Waals surface area contributed by atoms with E-state index in [9.17, 15) is 14.4 Å². The Hall–Kier alpha value is -0.870.